The lowest BCUT2D eigenvalue weighted by molar-refractivity contribution is 0.349. The number of rotatable bonds is 4. The molecule has 1 fully saturated rings. The van der Waals surface area contributed by atoms with Crippen LogP contribution in [0.25, 0.3) is 11.3 Å². The quantitative estimate of drug-likeness (QED) is 0.893. The van der Waals surface area contributed by atoms with Gasteiger partial charge in [0.1, 0.15) is 12.0 Å². The number of nitrogens with zero attached hydrogens (tertiary/aromatic N) is 1. The second kappa shape index (κ2) is 6.43. The molecule has 7 heteroatoms. The number of hydrogen-bond donors (Lipinski definition) is 2. The van der Waals surface area contributed by atoms with Gasteiger partial charge in [-0.25, -0.2) is 18.1 Å². The van der Waals surface area contributed by atoms with Gasteiger partial charge in [0, 0.05) is 24.6 Å². The highest BCUT2D eigenvalue weighted by molar-refractivity contribution is 7.89. The number of aryl methyl sites for hydroxylation is 1. The molecule has 2 aromatic rings. The molecule has 6 nitrogen and oxygen atoms in total. The summed E-state index contributed by atoms with van der Waals surface area (Å²) in [5.74, 6) is 0.581. The van der Waals surface area contributed by atoms with Gasteiger partial charge in [0.05, 0.1) is 4.90 Å². The van der Waals surface area contributed by atoms with E-state index in [1.807, 2.05) is 6.92 Å². The highest BCUT2D eigenvalue weighted by Crippen LogP contribution is 2.21. The molecular weight excluding hydrogens is 314 g/mol. The van der Waals surface area contributed by atoms with E-state index in [9.17, 15) is 8.42 Å². The molecule has 3 rings (SSSR count). The van der Waals surface area contributed by atoms with Gasteiger partial charge < -0.3 is 9.73 Å². The van der Waals surface area contributed by atoms with E-state index in [1.54, 1.807) is 37.5 Å². The fourth-order valence-corrected chi connectivity index (χ4v) is 4.12. The summed E-state index contributed by atoms with van der Waals surface area (Å²) in [5.41, 5.74) is 1.53. The van der Waals surface area contributed by atoms with Gasteiger partial charge >= 0.3 is 0 Å². The minimum absolute atomic E-state index is 0.0772. The smallest absolute Gasteiger partial charge is 0.240 e. The molecule has 2 unspecified atom stereocenters. The van der Waals surface area contributed by atoms with Crippen LogP contribution in [-0.4, -0.2) is 32.0 Å². The first-order valence-electron chi connectivity index (χ1n) is 7.74. The summed E-state index contributed by atoms with van der Waals surface area (Å²) in [4.78, 5) is 4.50. The second-order valence-electron chi connectivity index (χ2n) is 5.89. The Morgan fingerprint density at radius 2 is 2.04 bits per heavy atom. The fourth-order valence-electron chi connectivity index (χ4n) is 2.77. The van der Waals surface area contributed by atoms with Crippen LogP contribution >= 0.6 is 0 Å². The van der Waals surface area contributed by atoms with Gasteiger partial charge in [-0.15, -0.1) is 0 Å². The molecule has 124 valence electrons. The van der Waals surface area contributed by atoms with Crippen LogP contribution in [0, 0.1) is 6.92 Å². The van der Waals surface area contributed by atoms with Gasteiger partial charge in [0.15, 0.2) is 5.89 Å². The first-order chi connectivity index (χ1) is 11.0. The summed E-state index contributed by atoms with van der Waals surface area (Å²) >= 11 is 0. The minimum Gasteiger partial charge on any atom is -0.449 e. The number of oxazole rings is 1. The lowest BCUT2D eigenvalue weighted by Crippen LogP contribution is -2.51. The molecule has 0 radical (unpaired) electrons. The van der Waals surface area contributed by atoms with Crippen molar-refractivity contribution in [2.75, 3.05) is 6.54 Å². The zero-order valence-corrected chi connectivity index (χ0v) is 14.1. The van der Waals surface area contributed by atoms with Gasteiger partial charge in [-0.1, -0.05) is 12.1 Å². The largest absolute Gasteiger partial charge is 0.449 e. The average molecular weight is 335 g/mol. The normalized spacial score (nSPS) is 22.2. The van der Waals surface area contributed by atoms with Crippen LogP contribution in [0.1, 0.15) is 25.7 Å². The molecule has 23 heavy (non-hydrogen) atoms. The molecule has 1 aliphatic heterocycles. The monoisotopic (exact) mass is 335 g/mol. The number of benzene rings is 1. The van der Waals surface area contributed by atoms with Gasteiger partial charge in [-0.3, -0.25) is 0 Å². The van der Waals surface area contributed by atoms with E-state index < -0.39 is 10.0 Å². The van der Waals surface area contributed by atoms with E-state index in [0.29, 0.717) is 11.6 Å². The molecule has 1 aliphatic rings. The van der Waals surface area contributed by atoms with E-state index in [-0.39, 0.29) is 17.0 Å². The Kier molecular flexibility index (Phi) is 4.52. The third kappa shape index (κ3) is 3.63. The molecule has 1 saturated heterocycles. The molecule has 2 N–H and O–H groups in total. The Hall–Kier alpha value is -1.70. The van der Waals surface area contributed by atoms with Gasteiger partial charge in [-0.2, -0.15) is 0 Å². The SMILES string of the molecule is Cc1nc(-c2ccc(S(=O)(=O)NC3CCCNC3C)cc2)co1. The molecule has 0 spiro atoms. The van der Waals surface area contributed by atoms with E-state index >= 15 is 0 Å². The summed E-state index contributed by atoms with van der Waals surface area (Å²) in [6.07, 6.45) is 3.39. The van der Waals surface area contributed by atoms with Crippen molar-refractivity contribution in [2.24, 2.45) is 0 Å². The zero-order chi connectivity index (χ0) is 16.4. The van der Waals surface area contributed by atoms with Gasteiger partial charge in [-0.05, 0) is 38.4 Å². The third-order valence-electron chi connectivity index (χ3n) is 4.15. The standard InChI is InChI=1S/C16H21N3O3S/c1-11-15(4-3-9-17-11)19-23(20,21)14-7-5-13(6-8-14)16-10-22-12(2)18-16/h5-8,10-11,15,17,19H,3-4,9H2,1-2H3. The average Bonchev–Trinajstić information content (AvgIpc) is 2.96. The number of hydrogen-bond acceptors (Lipinski definition) is 5. The summed E-state index contributed by atoms with van der Waals surface area (Å²) in [7, 11) is -3.52. The lowest BCUT2D eigenvalue weighted by atomic mass is 10.0. The highest BCUT2D eigenvalue weighted by atomic mass is 32.2. The van der Waals surface area contributed by atoms with Crippen LogP contribution in [-0.2, 0) is 10.0 Å². The molecule has 2 atom stereocenters. The van der Waals surface area contributed by atoms with Gasteiger partial charge in [0.2, 0.25) is 10.0 Å². The lowest BCUT2D eigenvalue weighted by Gasteiger charge is -2.30. The second-order valence-corrected chi connectivity index (χ2v) is 7.60. The maximum absolute atomic E-state index is 12.5. The van der Waals surface area contributed by atoms with Crippen molar-refractivity contribution < 1.29 is 12.8 Å². The summed E-state index contributed by atoms with van der Waals surface area (Å²) < 4.78 is 33.0. The zero-order valence-electron chi connectivity index (χ0n) is 13.2. The van der Waals surface area contributed by atoms with Crippen LogP contribution in [0.15, 0.2) is 39.8 Å². The Labute approximate surface area is 136 Å². The predicted molar refractivity (Wildman–Crippen MR) is 87.5 cm³/mol. The van der Waals surface area contributed by atoms with Crippen LogP contribution < -0.4 is 10.0 Å². The number of aromatic nitrogens is 1. The number of sulfonamides is 1. The summed E-state index contributed by atoms with van der Waals surface area (Å²) in [6.45, 7) is 4.71. The molecule has 2 heterocycles. The van der Waals surface area contributed by atoms with Crippen molar-refractivity contribution in [3.63, 3.8) is 0 Å². The van der Waals surface area contributed by atoms with Crippen LogP contribution in [0.5, 0.6) is 0 Å². The molecule has 0 bridgehead atoms. The topological polar surface area (TPSA) is 84.2 Å². The Bertz CT molecular complexity index is 768. The minimum atomic E-state index is -3.52. The van der Waals surface area contributed by atoms with Crippen molar-refractivity contribution in [3.05, 3.63) is 36.4 Å². The Morgan fingerprint density at radius 3 is 2.65 bits per heavy atom. The molecular formula is C16H21N3O3S. The first kappa shape index (κ1) is 16.2. The van der Waals surface area contributed by atoms with E-state index in [1.165, 1.54) is 0 Å². The highest BCUT2D eigenvalue weighted by Gasteiger charge is 2.26. The van der Waals surface area contributed by atoms with Crippen LogP contribution in [0.4, 0.5) is 0 Å². The van der Waals surface area contributed by atoms with E-state index in [4.69, 9.17) is 4.42 Å². The van der Waals surface area contributed by atoms with Crippen LogP contribution in [0.3, 0.4) is 0 Å². The maximum Gasteiger partial charge on any atom is 0.240 e. The molecule has 0 aliphatic carbocycles. The van der Waals surface area contributed by atoms with Crippen molar-refractivity contribution in [1.82, 2.24) is 15.0 Å². The Morgan fingerprint density at radius 1 is 1.30 bits per heavy atom. The number of nitrogens with one attached hydrogen (secondary N) is 2. The Balaban J connectivity index is 1.77. The fraction of sp³-hybridized carbons (Fsp3) is 0.438. The molecule has 0 amide bonds. The maximum atomic E-state index is 12.5. The van der Waals surface area contributed by atoms with Crippen LogP contribution in [0.2, 0.25) is 0 Å². The molecule has 1 aromatic carbocycles. The van der Waals surface area contributed by atoms with Crippen molar-refractivity contribution in [2.45, 2.75) is 43.7 Å². The van der Waals surface area contributed by atoms with E-state index in [2.05, 4.69) is 15.0 Å². The molecule has 0 saturated carbocycles. The van der Waals surface area contributed by atoms with Crippen molar-refractivity contribution in [1.29, 1.82) is 0 Å². The first-order valence-corrected chi connectivity index (χ1v) is 9.22. The summed E-state index contributed by atoms with van der Waals surface area (Å²) in [6, 6.07) is 6.75. The number of piperidine rings is 1. The third-order valence-corrected chi connectivity index (χ3v) is 5.65. The predicted octanol–water partition coefficient (Wildman–Crippen LogP) is 2.07. The molecule has 1 aromatic heterocycles. The van der Waals surface area contributed by atoms with E-state index in [0.717, 1.165) is 24.9 Å². The van der Waals surface area contributed by atoms with Crippen molar-refractivity contribution >= 4 is 10.0 Å². The van der Waals surface area contributed by atoms with Crippen molar-refractivity contribution in [3.8, 4) is 11.3 Å². The summed E-state index contributed by atoms with van der Waals surface area (Å²) in [5, 5.41) is 3.29. The van der Waals surface area contributed by atoms with Gasteiger partial charge in [0.25, 0.3) is 0 Å².